The van der Waals surface area contributed by atoms with E-state index in [1.165, 1.54) is 13.0 Å². The number of anilines is 1. The lowest BCUT2D eigenvalue weighted by atomic mass is 10.2. The molecule has 0 aliphatic heterocycles. The number of hydrogen-bond acceptors (Lipinski definition) is 2. The van der Waals surface area contributed by atoms with Gasteiger partial charge in [-0.25, -0.2) is 13.6 Å². The molecule has 17 heavy (non-hydrogen) atoms. The first kappa shape index (κ1) is 13.2. The molecule has 3 nitrogen and oxygen atoms in total. The first-order valence-electron chi connectivity index (χ1n) is 5.00. The van der Waals surface area contributed by atoms with E-state index in [-0.39, 0.29) is 12.2 Å². The van der Waals surface area contributed by atoms with Gasteiger partial charge in [0.25, 0.3) is 0 Å². The third-order valence-corrected chi connectivity index (χ3v) is 2.20. The average Bonchev–Trinajstić information content (AvgIpc) is 2.23. The molecule has 2 N–H and O–H groups in total. The van der Waals surface area contributed by atoms with Gasteiger partial charge < -0.3 is 10.4 Å². The molecule has 1 aromatic carbocycles. The summed E-state index contributed by atoms with van der Waals surface area (Å²) >= 11 is 0. The molecule has 92 valence electrons. The van der Waals surface area contributed by atoms with Gasteiger partial charge in [0, 0.05) is 12.6 Å². The van der Waals surface area contributed by atoms with Crippen LogP contribution in [0, 0.1) is 18.6 Å². The maximum Gasteiger partial charge on any atom is 0.328 e. The van der Waals surface area contributed by atoms with Gasteiger partial charge >= 0.3 is 5.97 Å². The Morgan fingerprint density at radius 1 is 1.47 bits per heavy atom. The van der Waals surface area contributed by atoms with E-state index < -0.39 is 17.6 Å². The lowest BCUT2D eigenvalue weighted by Gasteiger charge is -2.10. The Morgan fingerprint density at radius 2 is 2.12 bits per heavy atom. The smallest absolute Gasteiger partial charge is 0.328 e. The first-order valence-corrected chi connectivity index (χ1v) is 5.00. The minimum Gasteiger partial charge on any atom is -0.478 e. The van der Waals surface area contributed by atoms with Crippen LogP contribution in [0.15, 0.2) is 23.8 Å². The van der Waals surface area contributed by atoms with Crippen LogP contribution in [0.2, 0.25) is 0 Å². The minimum absolute atomic E-state index is 0.0730. The van der Waals surface area contributed by atoms with Crippen molar-refractivity contribution < 1.29 is 18.7 Å². The molecule has 0 saturated heterocycles. The standard InChI is InChI=1S/C12H13F2NO2/c1-7(5-10(16)17)6-15-12-9(13)4-3-8(2)11(12)14/h3-5,15H,6H2,1-2H3,(H,16,17)/b7-5-. The van der Waals surface area contributed by atoms with Crippen LogP contribution >= 0.6 is 0 Å². The van der Waals surface area contributed by atoms with Gasteiger partial charge in [0.2, 0.25) is 0 Å². The van der Waals surface area contributed by atoms with Crippen LogP contribution < -0.4 is 5.32 Å². The number of aryl methyl sites for hydroxylation is 1. The molecular formula is C12H13F2NO2. The molecule has 0 bridgehead atoms. The molecule has 0 heterocycles. The molecule has 0 aliphatic rings. The number of nitrogens with one attached hydrogen (secondary N) is 1. The van der Waals surface area contributed by atoms with E-state index in [2.05, 4.69) is 5.32 Å². The Hall–Kier alpha value is -1.91. The molecule has 0 aromatic heterocycles. The predicted molar refractivity (Wildman–Crippen MR) is 61.0 cm³/mol. The summed E-state index contributed by atoms with van der Waals surface area (Å²) in [4.78, 5) is 10.4. The predicted octanol–water partition coefficient (Wildman–Crippen LogP) is 2.72. The summed E-state index contributed by atoms with van der Waals surface area (Å²) < 4.78 is 26.8. The lowest BCUT2D eigenvalue weighted by molar-refractivity contribution is -0.131. The summed E-state index contributed by atoms with van der Waals surface area (Å²) in [5.41, 5.74) is 0.565. The first-order chi connectivity index (χ1) is 7.91. The Morgan fingerprint density at radius 3 is 2.71 bits per heavy atom. The van der Waals surface area contributed by atoms with E-state index in [1.54, 1.807) is 6.92 Å². The van der Waals surface area contributed by atoms with Gasteiger partial charge in [-0.15, -0.1) is 0 Å². The average molecular weight is 241 g/mol. The fourth-order valence-electron chi connectivity index (χ4n) is 1.31. The third-order valence-electron chi connectivity index (χ3n) is 2.20. The highest BCUT2D eigenvalue weighted by atomic mass is 19.1. The van der Waals surface area contributed by atoms with Gasteiger partial charge in [-0.3, -0.25) is 0 Å². The Balaban J connectivity index is 2.83. The number of benzene rings is 1. The van der Waals surface area contributed by atoms with Crippen molar-refractivity contribution in [1.29, 1.82) is 0 Å². The SMILES string of the molecule is C/C(=C/C(=O)O)CNc1c(F)ccc(C)c1F. The maximum absolute atomic E-state index is 13.5. The Kier molecular flexibility index (Phi) is 4.20. The van der Waals surface area contributed by atoms with E-state index in [4.69, 9.17) is 5.11 Å². The van der Waals surface area contributed by atoms with Crippen molar-refractivity contribution in [1.82, 2.24) is 0 Å². The molecule has 0 aliphatic carbocycles. The molecule has 5 heteroatoms. The highest BCUT2D eigenvalue weighted by Gasteiger charge is 2.10. The topological polar surface area (TPSA) is 49.3 Å². The van der Waals surface area contributed by atoms with Crippen molar-refractivity contribution in [3.8, 4) is 0 Å². The van der Waals surface area contributed by atoms with Gasteiger partial charge in [-0.05, 0) is 31.1 Å². The normalized spacial score (nSPS) is 11.4. The summed E-state index contributed by atoms with van der Waals surface area (Å²) in [6.07, 6.45) is 0.985. The van der Waals surface area contributed by atoms with Crippen molar-refractivity contribution in [2.75, 3.05) is 11.9 Å². The molecule has 0 fully saturated rings. The second-order valence-electron chi connectivity index (χ2n) is 3.74. The number of halogens is 2. The molecule has 0 spiro atoms. The van der Waals surface area contributed by atoms with E-state index in [9.17, 15) is 13.6 Å². The third kappa shape index (κ3) is 3.55. The van der Waals surface area contributed by atoms with E-state index >= 15 is 0 Å². The number of carbonyl (C=O) groups is 1. The summed E-state index contributed by atoms with van der Waals surface area (Å²) in [6.45, 7) is 3.16. The Labute approximate surface area is 97.8 Å². The van der Waals surface area contributed by atoms with Gasteiger partial charge in [-0.1, -0.05) is 6.07 Å². The van der Waals surface area contributed by atoms with Gasteiger partial charge in [-0.2, -0.15) is 0 Å². The number of aliphatic carboxylic acids is 1. The van der Waals surface area contributed by atoms with E-state index in [0.29, 0.717) is 11.1 Å². The Bertz CT molecular complexity index is 470. The highest BCUT2D eigenvalue weighted by Crippen LogP contribution is 2.21. The van der Waals surface area contributed by atoms with Crippen molar-refractivity contribution >= 4 is 11.7 Å². The maximum atomic E-state index is 13.5. The second-order valence-corrected chi connectivity index (χ2v) is 3.74. The monoisotopic (exact) mass is 241 g/mol. The van der Waals surface area contributed by atoms with Crippen LogP contribution in [0.4, 0.5) is 14.5 Å². The number of rotatable bonds is 4. The van der Waals surface area contributed by atoms with Crippen LogP contribution in [0.3, 0.4) is 0 Å². The molecule has 0 radical (unpaired) electrons. The van der Waals surface area contributed by atoms with Gasteiger partial charge in [0.1, 0.15) is 11.5 Å². The summed E-state index contributed by atoms with van der Waals surface area (Å²) in [6, 6.07) is 2.51. The summed E-state index contributed by atoms with van der Waals surface area (Å²) in [5.74, 6) is -2.45. The molecule has 0 atom stereocenters. The number of hydrogen-bond donors (Lipinski definition) is 2. The molecule has 0 unspecified atom stereocenters. The largest absolute Gasteiger partial charge is 0.478 e. The van der Waals surface area contributed by atoms with Crippen molar-refractivity contribution in [2.45, 2.75) is 13.8 Å². The fraction of sp³-hybridized carbons (Fsp3) is 0.250. The van der Waals surface area contributed by atoms with Gasteiger partial charge in [0.05, 0.1) is 0 Å². The lowest BCUT2D eigenvalue weighted by Crippen LogP contribution is -2.08. The van der Waals surface area contributed by atoms with Gasteiger partial charge in [0.15, 0.2) is 5.82 Å². The van der Waals surface area contributed by atoms with Crippen molar-refractivity contribution in [3.63, 3.8) is 0 Å². The van der Waals surface area contributed by atoms with Crippen LogP contribution in [-0.2, 0) is 4.79 Å². The minimum atomic E-state index is -1.09. The zero-order chi connectivity index (χ0) is 13.0. The van der Waals surface area contributed by atoms with Crippen LogP contribution in [0.25, 0.3) is 0 Å². The fourth-order valence-corrected chi connectivity index (χ4v) is 1.31. The van der Waals surface area contributed by atoms with Crippen molar-refractivity contribution in [2.24, 2.45) is 0 Å². The molecule has 1 rings (SSSR count). The highest BCUT2D eigenvalue weighted by molar-refractivity contribution is 5.80. The molecule has 0 saturated carbocycles. The summed E-state index contributed by atoms with van der Waals surface area (Å²) in [7, 11) is 0. The zero-order valence-corrected chi connectivity index (χ0v) is 9.55. The number of carboxylic acid groups (broad SMARTS) is 1. The molecular weight excluding hydrogens is 228 g/mol. The molecule has 0 amide bonds. The van der Waals surface area contributed by atoms with Crippen LogP contribution in [0.1, 0.15) is 12.5 Å². The van der Waals surface area contributed by atoms with E-state index in [1.807, 2.05) is 0 Å². The van der Waals surface area contributed by atoms with E-state index in [0.717, 1.165) is 12.1 Å². The number of carboxylic acids is 1. The zero-order valence-electron chi connectivity index (χ0n) is 9.55. The second kappa shape index (κ2) is 5.43. The summed E-state index contributed by atoms with van der Waals surface area (Å²) in [5, 5.41) is 11.0. The van der Waals surface area contributed by atoms with Crippen molar-refractivity contribution in [3.05, 3.63) is 41.0 Å². The quantitative estimate of drug-likeness (QED) is 0.797. The van der Waals surface area contributed by atoms with Crippen LogP contribution in [-0.4, -0.2) is 17.6 Å². The van der Waals surface area contributed by atoms with Crippen LogP contribution in [0.5, 0.6) is 0 Å². The molecule has 1 aromatic rings.